The third kappa shape index (κ3) is 1.85. The molecule has 6 nitrogen and oxygen atoms in total. The summed E-state index contributed by atoms with van der Waals surface area (Å²) in [4.78, 5) is 22.3. The largest absolute Gasteiger partial charge is 0.465 e. The van der Waals surface area contributed by atoms with Crippen LogP contribution in [0.4, 0.5) is 0 Å². The topological polar surface area (TPSA) is 78.4 Å². The Hall–Kier alpha value is -1.98. The highest BCUT2D eigenvalue weighted by Gasteiger charge is 2.18. The summed E-state index contributed by atoms with van der Waals surface area (Å²) in [6, 6.07) is 0. The average molecular weight is 196 g/mol. The maximum absolute atomic E-state index is 11.2. The van der Waals surface area contributed by atoms with E-state index in [1.165, 1.54) is 14.2 Å². The van der Waals surface area contributed by atoms with Gasteiger partial charge in [-0.25, -0.2) is 9.59 Å². The van der Waals surface area contributed by atoms with Crippen LogP contribution in [0.1, 0.15) is 20.7 Å². The SMILES string of the molecule is COC(=O)c1cnncc1C(=O)OC. The monoisotopic (exact) mass is 196 g/mol. The van der Waals surface area contributed by atoms with E-state index in [9.17, 15) is 9.59 Å². The molecular weight excluding hydrogens is 188 g/mol. The molecule has 0 fully saturated rings. The number of hydrogen-bond donors (Lipinski definition) is 0. The van der Waals surface area contributed by atoms with Gasteiger partial charge in [-0.2, -0.15) is 10.2 Å². The second kappa shape index (κ2) is 4.31. The van der Waals surface area contributed by atoms with E-state index in [1.807, 2.05) is 0 Å². The molecule has 0 unspecified atom stereocenters. The lowest BCUT2D eigenvalue weighted by Gasteiger charge is -2.03. The Morgan fingerprint density at radius 1 is 1.00 bits per heavy atom. The zero-order valence-electron chi connectivity index (χ0n) is 7.68. The van der Waals surface area contributed by atoms with Crippen LogP contribution < -0.4 is 0 Å². The van der Waals surface area contributed by atoms with E-state index in [0.717, 1.165) is 12.4 Å². The van der Waals surface area contributed by atoms with E-state index in [4.69, 9.17) is 0 Å². The molecule has 0 aliphatic rings. The minimum atomic E-state index is -0.653. The van der Waals surface area contributed by atoms with Gasteiger partial charge in [0.2, 0.25) is 0 Å². The van der Waals surface area contributed by atoms with Gasteiger partial charge in [-0.3, -0.25) is 0 Å². The number of nitrogens with zero attached hydrogens (tertiary/aromatic N) is 2. The van der Waals surface area contributed by atoms with Gasteiger partial charge < -0.3 is 9.47 Å². The van der Waals surface area contributed by atoms with Crippen LogP contribution in [-0.4, -0.2) is 36.4 Å². The van der Waals surface area contributed by atoms with Crippen molar-refractivity contribution >= 4 is 11.9 Å². The lowest BCUT2D eigenvalue weighted by atomic mass is 10.2. The number of carbonyl (C=O) groups is 2. The minimum absolute atomic E-state index is 0.0364. The molecular formula is C8H8N2O4. The minimum Gasteiger partial charge on any atom is -0.465 e. The third-order valence-corrected chi connectivity index (χ3v) is 1.54. The van der Waals surface area contributed by atoms with Crippen LogP contribution in [0, 0.1) is 0 Å². The van der Waals surface area contributed by atoms with Crippen molar-refractivity contribution in [2.24, 2.45) is 0 Å². The van der Waals surface area contributed by atoms with Gasteiger partial charge in [0.05, 0.1) is 37.7 Å². The normalized spacial score (nSPS) is 9.29. The number of aromatic nitrogens is 2. The van der Waals surface area contributed by atoms with Gasteiger partial charge in [0.25, 0.3) is 0 Å². The molecule has 1 rings (SSSR count). The van der Waals surface area contributed by atoms with E-state index < -0.39 is 11.9 Å². The van der Waals surface area contributed by atoms with Crippen molar-refractivity contribution < 1.29 is 19.1 Å². The molecule has 74 valence electrons. The number of carbonyl (C=O) groups excluding carboxylic acids is 2. The van der Waals surface area contributed by atoms with E-state index in [1.54, 1.807) is 0 Å². The highest BCUT2D eigenvalue weighted by atomic mass is 16.5. The van der Waals surface area contributed by atoms with E-state index >= 15 is 0 Å². The molecule has 0 spiro atoms. The van der Waals surface area contributed by atoms with Crippen LogP contribution in [0.15, 0.2) is 12.4 Å². The van der Waals surface area contributed by atoms with Gasteiger partial charge in [-0.05, 0) is 0 Å². The van der Waals surface area contributed by atoms with Crippen LogP contribution in [0.5, 0.6) is 0 Å². The van der Waals surface area contributed by atoms with Gasteiger partial charge in [0, 0.05) is 0 Å². The molecule has 0 saturated heterocycles. The van der Waals surface area contributed by atoms with E-state index in [2.05, 4.69) is 19.7 Å². The number of ether oxygens (including phenoxy) is 2. The maximum Gasteiger partial charge on any atom is 0.340 e. The Kier molecular flexibility index (Phi) is 3.11. The molecule has 1 aromatic rings. The number of rotatable bonds is 2. The van der Waals surface area contributed by atoms with Crippen molar-refractivity contribution in [3.8, 4) is 0 Å². The van der Waals surface area contributed by atoms with Gasteiger partial charge >= 0.3 is 11.9 Å². The quantitative estimate of drug-likeness (QED) is 0.622. The second-order valence-electron chi connectivity index (χ2n) is 2.30. The first-order valence-corrected chi connectivity index (χ1v) is 3.68. The first-order valence-electron chi connectivity index (χ1n) is 3.68. The first kappa shape index (κ1) is 10.1. The summed E-state index contributed by atoms with van der Waals surface area (Å²) in [6.45, 7) is 0. The van der Waals surface area contributed by atoms with Gasteiger partial charge in [0.1, 0.15) is 0 Å². The first-order chi connectivity index (χ1) is 6.70. The summed E-state index contributed by atoms with van der Waals surface area (Å²) in [5.74, 6) is -1.30. The van der Waals surface area contributed by atoms with Crippen LogP contribution in [0.25, 0.3) is 0 Å². The lowest BCUT2D eigenvalue weighted by Crippen LogP contribution is -2.12. The summed E-state index contributed by atoms with van der Waals surface area (Å²) in [7, 11) is 2.42. The van der Waals surface area contributed by atoms with Crippen molar-refractivity contribution in [3.05, 3.63) is 23.5 Å². The molecule has 0 aromatic carbocycles. The fraction of sp³-hybridized carbons (Fsp3) is 0.250. The Labute approximate surface area is 79.8 Å². The van der Waals surface area contributed by atoms with Crippen LogP contribution in [0.3, 0.4) is 0 Å². The summed E-state index contributed by atoms with van der Waals surface area (Å²) in [6.07, 6.45) is 2.30. The van der Waals surface area contributed by atoms with Gasteiger partial charge in [-0.15, -0.1) is 0 Å². The third-order valence-electron chi connectivity index (χ3n) is 1.54. The predicted octanol–water partition coefficient (Wildman–Crippen LogP) is 0.0498. The van der Waals surface area contributed by atoms with Crippen molar-refractivity contribution in [1.82, 2.24) is 10.2 Å². The molecule has 1 heterocycles. The molecule has 0 saturated carbocycles. The van der Waals surface area contributed by atoms with E-state index in [0.29, 0.717) is 0 Å². The van der Waals surface area contributed by atoms with Crippen LogP contribution in [-0.2, 0) is 9.47 Å². The standard InChI is InChI=1S/C8H8N2O4/c1-13-7(11)5-3-9-10-4-6(5)8(12)14-2/h3-4H,1-2H3. The molecule has 0 aliphatic heterocycles. The lowest BCUT2D eigenvalue weighted by molar-refractivity contribution is 0.0554. The number of esters is 2. The van der Waals surface area contributed by atoms with Gasteiger partial charge in [0.15, 0.2) is 0 Å². The zero-order chi connectivity index (χ0) is 10.6. The summed E-state index contributed by atoms with van der Waals surface area (Å²) in [5.41, 5.74) is 0.0729. The highest BCUT2D eigenvalue weighted by Crippen LogP contribution is 2.07. The van der Waals surface area contributed by atoms with Crippen molar-refractivity contribution in [2.75, 3.05) is 14.2 Å². The summed E-state index contributed by atoms with van der Waals surface area (Å²) >= 11 is 0. The second-order valence-corrected chi connectivity index (χ2v) is 2.30. The van der Waals surface area contributed by atoms with E-state index in [-0.39, 0.29) is 11.1 Å². The maximum atomic E-state index is 11.2. The van der Waals surface area contributed by atoms with Crippen molar-refractivity contribution in [3.63, 3.8) is 0 Å². The molecule has 1 aromatic heterocycles. The Bertz CT molecular complexity index is 329. The molecule has 0 radical (unpaired) electrons. The van der Waals surface area contributed by atoms with Crippen LogP contribution >= 0.6 is 0 Å². The highest BCUT2D eigenvalue weighted by molar-refractivity contribution is 6.02. The Balaban J connectivity index is 3.15. The molecule has 0 amide bonds. The van der Waals surface area contributed by atoms with Crippen LogP contribution in [0.2, 0.25) is 0 Å². The zero-order valence-corrected chi connectivity index (χ0v) is 7.68. The molecule has 0 aliphatic carbocycles. The molecule has 0 bridgehead atoms. The van der Waals surface area contributed by atoms with Gasteiger partial charge in [-0.1, -0.05) is 0 Å². The van der Waals surface area contributed by atoms with Crippen molar-refractivity contribution in [1.29, 1.82) is 0 Å². The Morgan fingerprint density at radius 2 is 1.36 bits per heavy atom. The Morgan fingerprint density at radius 3 is 1.64 bits per heavy atom. The fourth-order valence-corrected chi connectivity index (χ4v) is 0.866. The molecule has 14 heavy (non-hydrogen) atoms. The smallest absolute Gasteiger partial charge is 0.340 e. The summed E-state index contributed by atoms with van der Waals surface area (Å²) in [5, 5.41) is 6.94. The molecule has 0 N–H and O–H groups in total. The average Bonchev–Trinajstić information content (AvgIpc) is 2.27. The molecule has 0 atom stereocenters. The fourth-order valence-electron chi connectivity index (χ4n) is 0.866. The number of methoxy groups -OCH3 is 2. The molecule has 6 heteroatoms. The number of hydrogen-bond acceptors (Lipinski definition) is 6. The predicted molar refractivity (Wildman–Crippen MR) is 44.7 cm³/mol. The van der Waals surface area contributed by atoms with Crippen molar-refractivity contribution in [2.45, 2.75) is 0 Å². The summed E-state index contributed by atoms with van der Waals surface area (Å²) < 4.78 is 8.91.